The molecule has 0 spiro atoms. The Labute approximate surface area is 146 Å². The van der Waals surface area contributed by atoms with Gasteiger partial charge in [-0.3, -0.25) is 9.78 Å². The minimum atomic E-state index is -0.259. The second-order valence-electron chi connectivity index (χ2n) is 6.55. The van der Waals surface area contributed by atoms with Gasteiger partial charge in [0.1, 0.15) is 5.82 Å². The third kappa shape index (κ3) is 3.87. The third-order valence-electron chi connectivity index (χ3n) is 4.42. The molecule has 0 aliphatic heterocycles. The van der Waals surface area contributed by atoms with Crippen molar-refractivity contribution in [3.05, 3.63) is 65.9 Å². The Kier molecular flexibility index (Phi) is 5.12. The second-order valence-corrected chi connectivity index (χ2v) is 6.55. The normalized spacial score (nSPS) is 12.5. The molecule has 1 atom stereocenters. The first-order valence-corrected chi connectivity index (χ1v) is 8.49. The number of fused-ring (bicyclic) bond motifs is 1. The van der Waals surface area contributed by atoms with Gasteiger partial charge in [0.05, 0.1) is 5.92 Å². The fourth-order valence-corrected chi connectivity index (χ4v) is 3.19. The number of hydrogen-bond donors (Lipinski definition) is 2. The summed E-state index contributed by atoms with van der Waals surface area (Å²) < 4.78 is 13.2. The van der Waals surface area contributed by atoms with Crippen LogP contribution in [-0.2, 0) is 11.2 Å². The van der Waals surface area contributed by atoms with Crippen molar-refractivity contribution in [2.45, 2.75) is 26.2 Å². The van der Waals surface area contributed by atoms with Crippen LogP contribution < -0.4 is 5.32 Å². The van der Waals surface area contributed by atoms with Gasteiger partial charge >= 0.3 is 0 Å². The van der Waals surface area contributed by atoms with Gasteiger partial charge in [-0.1, -0.05) is 19.9 Å². The van der Waals surface area contributed by atoms with Gasteiger partial charge in [0.2, 0.25) is 5.91 Å². The number of pyridine rings is 1. The SMILES string of the molecule is CC(C)[C@@H](C(=O)NCCc1c[nH]c2cc(F)ccc12)c1cccnc1. The first-order chi connectivity index (χ1) is 12.1. The van der Waals surface area contributed by atoms with Crippen LogP contribution in [0.1, 0.15) is 30.9 Å². The van der Waals surface area contributed by atoms with E-state index in [1.807, 2.05) is 32.2 Å². The number of hydrogen-bond acceptors (Lipinski definition) is 2. The summed E-state index contributed by atoms with van der Waals surface area (Å²) in [6.45, 7) is 4.60. The molecular weight excluding hydrogens is 317 g/mol. The molecule has 1 amide bonds. The number of carbonyl (C=O) groups excluding carboxylic acids is 1. The summed E-state index contributed by atoms with van der Waals surface area (Å²) in [6, 6.07) is 8.49. The molecule has 4 nitrogen and oxygen atoms in total. The third-order valence-corrected chi connectivity index (χ3v) is 4.42. The van der Waals surface area contributed by atoms with E-state index in [-0.39, 0.29) is 23.6 Å². The fourth-order valence-electron chi connectivity index (χ4n) is 3.19. The molecule has 0 aliphatic rings. The van der Waals surface area contributed by atoms with E-state index in [0.717, 1.165) is 22.0 Å². The maximum Gasteiger partial charge on any atom is 0.227 e. The summed E-state index contributed by atoms with van der Waals surface area (Å²) in [5, 5.41) is 4.01. The van der Waals surface area contributed by atoms with E-state index >= 15 is 0 Å². The lowest BCUT2D eigenvalue weighted by Gasteiger charge is -2.20. The number of aromatic nitrogens is 2. The zero-order valence-electron chi connectivity index (χ0n) is 14.4. The molecule has 0 fully saturated rings. The molecule has 2 heterocycles. The van der Waals surface area contributed by atoms with Crippen LogP contribution in [0.3, 0.4) is 0 Å². The summed E-state index contributed by atoms with van der Waals surface area (Å²) in [5.74, 6) is -0.287. The Bertz CT molecular complexity index is 858. The molecule has 3 aromatic rings. The van der Waals surface area contributed by atoms with Crippen LogP contribution in [0.25, 0.3) is 10.9 Å². The number of carbonyl (C=O) groups is 1. The molecule has 5 heteroatoms. The maximum absolute atomic E-state index is 13.2. The van der Waals surface area contributed by atoms with E-state index < -0.39 is 0 Å². The summed E-state index contributed by atoms with van der Waals surface area (Å²) in [4.78, 5) is 19.8. The van der Waals surface area contributed by atoms with Crippen LogP contribution in [0.15, 0.2) is 48.9 Å². The smallest absolute Gasteiger partial charge is 0.227 e. The van der Waals surface area contributed by atoms with Crippen LogP contribution in [0, 0.1) is 11.7 Å². The first-order valence-electron chi connectivity index (χ1n) is 8.49. The molecule has 0 aliphatic carbocycles. The van der Waals surface area contributed by atoms with Crippen LogP contribution in [-0.4, -0.2) is 22.4 Å². The van der Waals surface area contributed by atoms with Gasteiger partial charge in [-0.25, -0.2) is 4.39 Å². The van der Waals surface area contributed by atoms with Crippen LogP contribution in [0.4, 0.5) is 4.39 Å². The molecule has 0 saturated heterocycles. The van der Waals surface area contributed by atoms with Crippen molar-refractivity contribution in [1.82, 2.24) is 15.3 Å². The Morgan fingerprint density at radius 2 is 2.16 bits per heavy atom. The Balaban J connectivity index is 1.65. The minimum absolute atomic E-state index is 0.00823. The highest BCUT2D eigenvalue weighted by Gasteiger charge is 2.24. The maximum atomic E-state index is 13.2. The summed E-state index contributed by atoms with van der Waals surface area (Å²) in [7, 11) is 0. The Hall–Kier alpha value is -2.69. The Morgan fingerprint density at radius 1 is 1.32 bits per heavy atom. The van der Waals surface area contributed by atoms with Gasteiger partial charge in [-0.2, -0.15) is 0 Å². The monoisotopic (exact) mass is 339 g/mol. The van der Waals surface area contributed by atoms with Crippen molar-refractivity contribution in [2.24, 2.45) is 5.92 Å². The van der Waals surface area contributed by atoms with E-state index in [9.17, 15) is 9.18 Å². The van der Waals surface area contributed by atoms with Crippen molar-refractivity contribution in [1.29, 1.82) is 0 Å². The molecule has 25 heavy (non-hydrogen) atoms. The molecule has 3 rings (SSSR count). The molecule has 0 bridgehead atoms. The molecule has 0 saturated carbocycles. The number of amides is 1. The molecule has 2 aromatic heterocycles. The van der Waals surface area contributed by atoms with Crippen molar-refractivity contribution in [3.8, 4) is 0 Å². The van der Waals surface area contributed by atoms with Crippen LogP contribution in [0.2, 0.25) is 0 Å². The number of nitrogens with one attached hydrogen (secondary N) is 2. The molecule has 0 radical (unpaired) electrons. The lowest BCUT2D eigenvalue weighted by atomic mass is 9.88. The topological polar surface area (TPSA) is 57.8 Å². The number of nitrogens with zero attached hydrogens (tertiary/aromatic N) is 1. The van der Waals surface area contributed by atoms with Crippen molar-refractivity contribution in [2.75, 3.05) is 6.54 Å². The molecular formula is C20H22FN3O. The van der Waals surface area contributed by atoms with Gasteiger partial charge in [0.25, 0.3) is 0 Å². The summed E-state index contributed by atoms with van der Waals surface area (Å²) >= 11 is 0. The van der Waals surface area contributed by atoms with Gasteiger partial charge in [0.15, 0.2) is 0 Å². The van der Waals surface area contributed by atoms with Crippen molar-refractivity contribution >= 4 is 16.8 Å². The lowest BCUT2D eigenvalue weighted by Crippen LogP contribution is -2.33. The molecule has 2 N–H and O–H groups in total. The highest BCUT2D eigenvalue weighted by Crippen LogP contribution is 2.24. The van der Waals surface area contributed by atoms with Gasteiger partial charge < -0.3 is 10.3 Å². The highest BCUT2D eigenvalue weighted by molar-refractivity contribution is 5.85. The number of halogens is 1. The van der Waals surface area contributed by atoms with Crippen LogP contribution in [0.5, 0.6) is 0 Å². The van der Waals surface area contributed by atoms with Gasteiger partial charge in [-0.15, -0.1) is 0 Å². The number of aromatic amines is 1. The summed E-state index contributed by atoms with van der Waals surface area (Å²) in [6.07, 6.45) is 6.02. The number of benzene rings is 1. The van der Waals surface area contributed by atoms with E-state index in [4.69, 9.17) is 0 Å². The predicted molar refractivity (Wildman–Crippen MR) is 96.8 cm³/mol. The fraction of sp³-hybridized carbons (Fsp3) is 0.300. The minimum Gasteiger partial charge on any atom is -0.361 e. The largest absolute Gasteiger partial charge is 0.361 e. The Morgan fingerprint density at radius 3 is 2.88 bits per heavy atom. The molecule has 130 valence electrons. The zero-order chi connectivity index (χ0) is 17.8. The first kappa shape index (κ1) is 17.1. The highest BCUT2D eigenvalue weighted by atomic mass is 19.1. The van der Waals surface area contributed by atoms with E-state index in [1.165, 1.54) is 12.1 Å². The number of rotatable bonds is 6. The van der Waals surface area contributed by atoms with Crippen LogP contribution >= 0.6 is 0 Å². The predicted octanol–water partition coefficient (Wildman–Crippen LogP) is 3.80. The average Bonchev–Trinajstić information content (AvgIpc) is 2.98. The number of H-pyrrole nitrogens is 1. The van der Waals surface area contributed by atoms with Gasteiger partial charge in [-0.05, 0) is 47.7 Å². The lowest BCUT2D eigenvalue weighted by molar-refractivity contribution is -0.123. The average molecular weight is 339 g/mol. The van der Waals surface area contributed by atoms with Gasteiger partial charge in [0, 0.05) is 36.0 Å². The molecule has 1 aromatic carbocycles. The summed E-state index contributed by atoms with van der Waals surface area (Å²) in [5.41, 5.74) is 2.77. The van der Waals surface area contributed by atoms with E-state index in [1.54, 1.807) is 18.5 Å². The zero-order valence-corrected chi connectivity index (χ0v) is 14.4. The quantitative estimate of drug-likeness (QED) is 0.718. The second kappa shape index (κ2) is 7.47. The van der Waals surface area contributed by atoms with Crippen molar-refractivity contribution in [3.63, 3.8) is 0 Å². The molecule has 0 unspecified atom stereocenters. The van der Waals surface area contributed by atoms with E-state index in [0.29, 0.717) is 13.0 Å². The van der Waals surface area contributed by atoms with Crippen molar-refractivity contribution < 1.29 is 9.18 Å². The van der Waals surface area contributed by atoms with E-state index in [2.05, 4.69) is 15.3 Å². The standard InChI is InChI=1S/C20H22FN3O/c1-13(2)19(15-4-3-8-22-11-15)20(25)23-9-7-14-12-24-18-10-16(21)5-6-17(14)18/h3-6,8,10-13,19,24H,7,9H2,1-2H3,(H,23,25)/t19-/m1/s1.